The number of rotatable bonds is 4. The number of nitrogens with one attached hydrogen (secondary N) is 4. The molecule has 0 radical (unpaired) electrons. The predicted molar refractivity (Wildman–Crippen MR) is 84.8 cm³/mol. The van der Waals surface area contributed by atoms with E-state index in [1.807, 2.05) is 11.1 Å². The van der Waals surface area contributed by atoms with Crippen LogP contribution in [0.15, 0.2) is 45.0 Å². The molecule has 0 aliphatic heterocycles. The summed E-state index contributed by atoms with van der Waals surface area (Å²) >= 11 is 0. The molecule has 0 aliphatic rings. The van der Waals surface area contributed by atoms with Gasteiger partial charge in [-0.15, -0.1) is 0 Å². The van der Waals surface area contributed by atoms with Gasteiger partial charge in [0.1, 0.15) is 5.56 Å². The molecule has 0 atom stereocenters. The van der Waals surface area contributed by atoms with Crippen molar-refractivity contribution < 1.29 is 9.90 Å². The monoisotopic (exact) mass is 317 g/mol. The average molecular weight is 317 g/mol. The normalized spacial score (nSPS) is 11.1. The Hall–Kier alpha value is -3.36. The Morgan fingerprint density at radius 1 is 1.22 bits per heavy atom. The molecule has 1 aromatic heterocycles. The fraction of sp³-hybridized carbons (Fsp3) is 0.143. The Bertz CT molecular complexity index is 838. The SMILES string of the molecule is CCC(=NNC(=O)Nc1ccccc1)c1c(O)[nH]c(=O)[nH]c1=O. The third-order valence-corrected chi connectivity index (χ3v) is 2.87. The topological polar surface area (TPSA) is 139 Å². The van der Waals surface area contributed by atoms with E-state index in [2.05, 4.69) is 20.8 Å². The summed E-state index contributed by atoms with van der Waals surface area (Å²) in [7, 11) is 0. The lowest BCUT2D eigenvalue weighted by atomic mass is 10.1. The molecule has 9 nitrogen and oxygen atoms in total. The molecular formula is C14H15N5O4. The van der Waals surface area contributed by atoms with Gasteiger partial charge in [0.25, 0.3) is 5.56 Å². The van der Waals surface area contributed by atoms with Crippen LogP contribution in [0.3, 0.4) is 0 Å². The number of hydrogen-bond acceptors (Lipinski definition) is 5. The first-order valence-corrected chi connectivity index (χ1v) is 6.75. The molecule has 0 saturated heterocycles. The molecular weight excluding hydrogens is 302 g/mol. The number of hydrogen-bond donors (Lipinski definition) is 5. The Morgan fingerprint density at radius 2 is 1.91 bits per heavy atom. The third-order valence-electron chi connectivity index (χ3n) is 2.87. The van der Waals surface area contributed by atoms with Crippen LogP contribution in [0.2, 0.25) is 0 Å². The summed E-state index contributed by atoms with van der Waals surface area (Å²) in [5, 5.41) is 16.0. The molecule has 0 bridgehead atoms. The maximum Gasteiger partial charge on any atom is 0.339 e. The van der Waals surface area contributed by atoms with E-state index in [1.165, 1.54) is 0 Å². The number of hydrazone groups is 1. The van der Waals surface area contributed by atoms with Gasteiger partial charge >= 0.3 is 11.7 Å². The highest BCUT2D eigenvalue weighted by molar-refractivity contribution is 6.02. The molecule has 0 fully saturated rings. The van der Waals surface area contributed by atoms with Gasteiger partial charge in [-0.25, -0.2) is 15.0 Å². The van der Waals surface area contributed by atoms with Gasteiger partial charge < -0.3 is 10.4 Å². The maximum absolute atomic E-state index is 11.8. The summed E-state index contributed by atoms with van der Waals surface area (Å²) in [6, 6.07) is 8.11. The number of aromatic amines is 2. The minimum absolute atomic E-state index is 0.114. The van der Waals surface area contributed by atoms with Crippen molar-refractivity contribution in [2.75, 3.05) is 5.32 Å². The maximum atomic E-state index is 11.8. The first-order valence-electron chi connectivity index (χ1n) is 6.75. The number of carbonyl (C=O) groups is 1. The van der Waals surface area contributed by atoms with Crippen LogP contribution in [0.5, 0.6) is 5.88 Å². The molecule has 1 heterocycles. The molecule has 2 aromatic rings. The Morgan fingerprint density at radius 3 is 2.52 bits per heavy atom. The summed E-state index contributed by atoms with van der Waals surface area (Å²) in [5.74, 6) is -0.607. The molecule has 2 amide bonds. The number of aromatic hydroxyl groups is 1. The summed E-state index contributed by atoms with van der Waals surface area (Å²) in [4.78, 5) is 38.6. The van der Waals surface area contributed by atoms with Gasteiger partial charge in [0.05, 0.1) is 5.71 Å². The Kier molecular flexibility index (Phi) is 4.92. The van der Waals surface area contributed by atoms with Gasteiger partial charge in [-0.1, -0.05) is 25.1 Å². The molecule has 120 valence electrons. The quantitative estimate of drug-likeness (QED) is 0.418. The van der Waals surface area contributed by atoms with E-state index in [0.29, 0.717) is 5.69 Å². The molecule has 1 aromatic carbocycles. The van der Waals surface area contributed by atoms with Crippen molar-refractivity contribution in [3.8, 4) is 5.88 Å². The number of urea groups is 1. The van der Waals surface area contributed by atoms with E-state index in [1.54, 1.807) is 31.2 Å². The number of nitrogens with zero attached hydrogens (tertiary/aromatic N) is 1. The number of amides is 2. The lowest BCUT2D eigenvalue weighted by Crippen LogP contribution is -2.30. The van der Waals surface area contributed by atoms with Gasteiger partial charge in [-0.3, -0.25) is 14.8 Å². The first kappa shape index (κ1) is 16.0. The second-order valence-corrected chi connectivity index (χ2v) is 4.48. The van der Waals surface area contributed by atoms with Crippen LogP contribution in [0.25, 0.3) is 0 Å². The summed E-state index contributed by atoms with van der Waals surface area (Å²) in [6.45, 7) is 1.68. The summed E-state index contributed by atoms with van der Waals surface area (Å²) in [6.07, 6.45) is 0.244. The van der Waals surface area contributed by atoms with Crippen molar-refractivity contribution >= 4 is 17.4 Å². The highest BCUT2D eigenvalue weighted by atomic mass is 16.3. The van der Waals surface area contributed by atoms with Crippen molar-refractivity contribution in [3.63, 3.8) is 0 Å². The average Bonchev–Trinajstić information content (AvgIpc) is 2.50. The second-order valence-electron chi connectivity index (χ2n) is 4.48. The summed E-state index contributed by atoms with van der Waals surface area (Å²) < 4.78 is 0. The lowest BCUT2D eigenvalue weighted by molar-refractivity contribution is 0.252. The van der Waals surface area contributed by atoms with Gasteiger partial charge in [-0.2, -0.15) is 5.10 Å². The largest absolute Gasteiger partial charge is 0.494 e. The number of H-pyrrole nitrogens is 2. The highest BCUT2D eigenvalue weighted by Crippen LogP contribution is 2.09. The molecule has 5 N–H and O–H groups in total. The first-order chi connectivity index (χ1) is 11.0. The predicted octanol–water partition coefficient (Wildman–Crippen LogP) is 0.705. The second kappa shape index (κ2) is 7.07. The van der Waals surface area contributed by atoms with E-state index < -0.39 is 23.2 Å². The minimum Gasteiger partial charge on any atom is -0.494 e. The van der Waals surface area contributed by atoms with E-state index in [-0.39, 0.29) is 17.7 Å². The zero-order valence-corrected chi connectivity index (χ0v) is 12.2. The lowest BCUT2D eigenvalue weighted by Gasteiger charge is -2.07. The zero-order valence-electron chi connectivity index (χ0n) is 12.2. The smallest absolute Gasteiger partial charge is 0.339 e. The molecule has 0 unspecified atom stereocenters. The zero-order chi connectivity index (χ0) is 16.8. The number of aromatic nitrogens is 2. The molecule has 2 rings (SSSR count). The van der Waals surface area contributed by atoms with Crippen molar-refractivity contribution in [3.05, 3.63) is 56.7 Å². The fourth-order valence-electron chi connectivity index (χ4n) is 1.85. The van der Waals surface area contributed by atoms with E-state index in [0.717, 1.165) is 0 Å². The molecule has 0 spiro atoms. The molecule has 0 aliphatic carbocycles. The molecule has 23 heavy (non-hydrogen) atoms. The standard InChI is InChI=1S/C14H15N5O4/c1-2-9(10-11(20)16-13(22)17-12(10)21)18-19-14(23)15-8-6-4-3-5-7-8/h3-7H,2H2,1H3,(H2,15,19,23)(H3,16,17,20,21,22). The number of benzene rings is 1. The number of anilines is 1. The van der Waals surface area contributed by atoms with Gasteiger partial charge in [0, 0.05) is 5.69 Å². The molecule has 0 saturated carbocycles. The van der Waals surface area contributed by atoms with Crippen molar-refractivity contribution in [2.45, 2.75) is 13.3 Å². The number of para-hydroxylation sites is 1. The van der Waals surface area contributed by atoms with Crippen molar-refractivity contribution in [2.24, 2.45) is 5.10 Å². The van der Waals surface area contributed by atoms with Crippen LogP contribution in [0, 0.1) is 0 Å². The molecule has 9 heteroatoms. The third kappa shape index (κ3) is 4.06. The van der Waals surface area contributed by atoms with E-state index >= 15 is 0 Å². The van der Waals surface area contributed by atoms with Gasteiger partial charge in [-0.05, 0) is 18.6 Å². The number of carbonyl (C=O) groups excluding carboxylic acids is 1. The van der Waals surface area contributed by atoms with Crippen LogP contribution >= 0.6 is 0 Å². The highest BCUT2D eigenvalue weighted by Gasteiger charge is 2.14. The van der Waals surface area contributed by atoms with Gasteiger partial charge in [0.2, 0.25) is 5.88 Å². The van der Waals surface area contributed by atoms with Crippen LogP contribution in [0.1, 0.15) is 18.9 Å². The van der Waals surface area contributed by atoms with Gasteiger partial charge in [0.15, 0.2) is 0 Å². The van der Waals surface area contributed by atoms with Crippen LogP contribution < -0.4 is 22.0 Å². The Labute approximate surface area is 130 Å². The van der Waals surface area contributed by atoms with E-state index in [4.69, 9.17) is 0 Å². The van der Waals surface area contributed by atoms with Crippen LogP contribution in [0.4, 0.5) is 10.5 Å². The van der Waals surface area contributed by atoms with Crippen LogP contribution in [-0.4, -0.2) is 26.8 Å². The van der Waals surface area contributed by atoms with Crippen molar-refractivity contribution in [1.82, 2.24) is 15.4 Å². The van der Waals surface area contributed by atoms with E-state index in [9.17, 15) is 19.5 Å². The Balaban J connectivity index is 2.18. The van der Waals surface area contributed by atoms with Crippen LogP contribution in [-0.2, 0) is 0 Å². The summed E-state index contributed by atoms with van der Waals surface area (Å²) in [5.41, 5.74) is 1.09. The minimum atomic E-state index is -0.832. The fourth-order valence-corrected chi connectivity index (χ4v) is 1.85. The van der Waals surface area contributed by atoms with Crippen molar-refractivity contribution in [1.29, 1.82) is 0 Å².